The summed E-state index contributed by atoms with van der Waals surface area (Å²) in [5.74, 6) is 0.202. The number of aromatic nitrogens is 6. The van der Waals surface area contributed by atoms with E-state index in [1.165, 1.54) is 24.0 Å². The molecule has 40 heavy (non-hydrogen) atoms. The predicted molar refractivity (Wildman–Crippen MR) is 154 cm³/mol. The van der Waals surface area contributed by atoms with E-state index >= 15 is 0 Å². The van der Waals surface area contributed by atoms with Crippen molar-refractivity contribution in [1.29, 1.82) is 0 Å². The summed E-state index contributed by atoms with van der Waals surface area (Å²) < 4.78 is 1.50. The van der Waals surface area contributed by atoms with Gasteiger partial charge in [0.15, 0.2) is 0 Å². The molecule has 4 N–H and O–H groups in total. The van der Waals surface area contributed by atoms with Crippen LogP contribution in [-0.4, -0.2) is 48.0 Å². The third kappa shape index (κ3) is 6.44. The second kappa shape index (κ2) is 12.0. The van der Waals surface area contributed by atoms with E-state index < -0.39 is 0 Å². The van der Waals surface area contributed by atoms with E-state index in [4.69, 9.17) is 11.6 Å². The molecule has 0 aliphatic carbocycles. The summed E-state index contributed by atoms with van der Waals surface area (Å²) >= 11 is 6.20. The van der Waals surface area contributed by atoms with E-state index in [9.17, 15) is 9.59 Å². The number of fused-ring (bicyclic) bond motifs is 4. The summed E-state index contributed by atoms with van der Waals surface area (Å²) in [5.41, 5.74) is 4.64. The number of nitrogens with zero attached hydrogens (tertiary/aromatic N) is 5. The van der Waals surface area contributed by atoms with E-state index in [-0.39, 0.29) is 23.9 Å². The van der Waals surface area contributed by atoms with Crippen LogP contribution in [-0.2, 0) is 9.59 Å². The quantitative estimate of drug-likeness (QED) is 0.206. The van der Waals surface area contributed by atoms with Crippen LogP contribution in [0.2, 0.25) is 5.02 Å². The molecule has 1 aliphatic heterocycles. The lowest BCUT2D eigenvalue weighted by atomic mass is 10.1. The van der Waals surface area contributed by atoms with Gasteiger partial charge in [-0.25, -0.2) is 4.98 Å². The Balaban J connectivity index is 1.40. The van der Waals surface area contributed by atoms with Gasteiger partial charge in [-0.15, -0.1) is 5.10 Å². The first-order valence-corrected chi connectivity index (χ1v) is 13.1. The molecular formula is C28H28ClN9O2. The van der Waals surface area contributed by atoms with Gasteiger partial charge >= 0.3 is 0 Å². The Morgan fingerprint density at radius 2 is 2.00 bits per heavy atom. The minimum Gasteiger partial charge on any atom is -0.382 e. The van der Waals surface area contributed by atoms with Gasteiger partial charge in [0.25, 0.3) is 0 Å². The molecule has 2 bridgehead atoms. The van der Waals surface area contributed by atoms with Crippen LogP contribution >= 0.6 is 11.6 Å². The Bertz CT molecular complexity index is 1580. The summed E-state index contributed by atoms with van der Waals surface area (Å²) in [6, 6.07) is 10.7. The molecule has 1 unspecified atom stereocenters. The smallest absolute Gasteiger partial charge is 0.244 e. The van der Waals surface area contributed by atoms with Crippen LogP contribution in [0.15, 0.2) is 67.2 Å². The number of halogens is 1. The summed E-state index contributed by atoms with van der Waals surface area (Å²) in [6.45, 7) is 3.57. The number of rotatable bonds is 5. The van der Waals surface area contributed by atoms with Crippen molar-refractivity contribution in [3.8, 4) is 16.9 Å². The highest BCUT2D eigenvalue weighted by Gasteiger charge is 2.19. The van der Waals surface area contributed by atoms with E-state index in [0.29, 0.717) is 34.2 Å². The number of aromatic amines is 1. The van der Waals surface area contributed by atoms with Crippen molar-refractivity contribution in [1.82, 2.24) is 35.5 Å². The molecule has 2 aromatic carbocycles. The Hall–Kier alpha value is -4.77. The van der Waals surface area contributed by atoms with Crippen molar-refractivity contribution in [2.75, 3.05) is 10.6 Å². The third-order valence-electron chi connectivity index (χ3n) is 6.30. The maximum atomic E-state index is 13.0. The van der Waals surface area contributed by atoms with Crippen molar-refractivity contribution in [2.45, 2.75) is 38.8 Å². The van der Waals surface area contributed by atoms with Crippen LogP contribution in [0.3, 0.4) is 0 Å². The van der Waals surface area contributed by atoms with Gasteiger partial charge in [0.2, 0.25) is 11.8 Å². The fourth-order valence-corrected chi connectivity index (χ4v) is 4.63. The lowest BCUT2D eigenvalue weighted by molar-refractivity contribution is -0.117. The van der Waals surface area contributed by atoms with Crippen molar-refractivity contribution >= 4 is 40.9 Å². The molecule has 0 spiro atoms. The molecule has 0 fully saturated rings. The van der Waals surface area contributed by atoms with Crippen LogP contribution in [0.1, 0.15) is 44.1 Å². The normalized spacial score (nSPS) is 17.7. The van der Waals surface area contributed by atoms with E-state index in [2.05, 4.69) is 54.4 Å². The fraction of sp³-hybridized carbons (Fsp3) is 0.214. The number of H-pyrrole nitrogens is 1. The number of imidazole rings is 1. The molecule has 12 heteroatoms. The van der Waals surface area contributed by atoms with Gasteiger partial charge in [0.05, 0.1) is 23.6 Å². The standard InChI is InChI=1S/C28H28ClN9O2/c1-17-5-3-4-6-23(28-30-15-25(35-28)22-10-9-21(33-18(2)39)14-24(22)32-17)34-27(40)12-7-19-13-20(29)8-11-26(19)38-16-31-36-37-38/h3-4,7-17,23,32H,5-6H2,1-2H3,(H,30,35)(H,33,39)(H,34,40)/b4-3-,12-7-/t17?,23-/m0/s1. The van der Waals surface area contributed by atoms with E-state index in [1.54, 1.807) is 30.5 Å². The van der Waals surface area contributed by atoms with Crippen molar-refractivity contribution < 1.29 is 9.59 Å². The number of carbonyl (C=O) groups excluding carboxylic acids is 2. The number of benzene rings is 2. The van der Waals surface area contributed by atoms with Gasteiger partial charge in [-0.1, -0.05) is 23.8 Å². The molecule has 0 radical (unpaired) electrons. The Morgan fingerprint density at radius 3 is 2.80 bits per heavy atom. The van der Waals surface area contributed by atoms with Crippen LogP contribution in [0.4, 0.5) is 11.4 Å². The number of tetrazole rings is 1. The highest BCUT2D eigenvalue weighted by atomic mass is 35.5. The zero-order valence-corrected chi connectivity index (χ0v) is 22.7. The molecule has 0 saturated heterocycles. The Kier molecular flexibility index (Phi) is 8.02. The summed E-state index contributed by atoms with van der Waals surface area (Å²) in [5, 5.41) is 21.2. The highest BCUT2D eigenvalue weighted by molar-refractivity contribution is 6.30. The number of hydrogen-bond acceptors (Lipinski definition) is 7. The zero-order chi connectivity index (χ0) is 28.1. The third-order valence-corrected chi connectivity index (χ3v) is 6.54. The Morgan fingerprint density at radius 1 is 1.15 bits per heavy atom. The number of hydrogen-bond donors (Lipinski definition) is 4. The van der Waals surface area contributed by atoms with Gasteiger partial charge < -0.3 is 20.9 Å². The molecule has 0 saturated carbocycles. The van der Waals surface area contributed by atoms with Crippen molar-refractivity contribution in [3.63, 3.8) is 0 Å². The molecule has 1 aliphatic rings. The van der Waals surface area contributed by atoms with Crippen LogP contribution in [0.25, 0.3) is 23.0 Å². The first kappa shape index (κ1) is 26.8. The second-order valence-electron chi connectivity index (χ2n) is 9.46. The average molecular weight is 558 g/mol. The lowest BCUT2D eigenvalue weighted by Gasteiger charge is -2.19. The number of nitrogens with one attached hydrogen (secondary N) is 4. The van der Waals surface area contributed by atoms with E-state index in [1.807, 2.05) is 24.3 Å². The molecule has 5 rings (SSSR count). The zero-order valence-electron chi connectivity index (χ0n) is 21.9. The predicted octanol–water partition coefficient (Wildman–Crippen LogP) is 4.69. The van der Waals surface area contributed by atoms with Crippen LogP contribution in [0.5, 0.6) is 0 Å². The van der Waals surface area contributed by atoms with Gasteiger partial charge in [-0.3, -0.25) is 9.59 Å². The topological polar surface area (TPSA) is 143 Å². The maximum absolute atomic E-state index is 13.0. The van der Waals surface area contributed by atoms with Crippen molar-refractivity contribution in [2.24, 2.45) is 0 Å². The number of anilines is 2. The first-order chi connectivity index (χ1) is 19.4. The first-order valence-electron chi connectivity index (χ1n) is 12.8. The minimum atomic E-state index is -0.384. The number of amides is 2. The monoisotopic (exact) mass is 557 g/mol. The molecule has 2 atom stereocenters. The fourth-order valence-electron chi connectivity index (χ4n) is 4.45. The summed E-state index contributed by atoms with van der Waals surface area (Å²) in [7, 11) is 0. The highest BCUT2D eigenvalue weighted by Crippen LogP contribution is 2.32. The largest absolute Gasteiger partial charge is 0.382 e. The maximum Gasteiger partial charge on any atom is 0.244 e. The van der Waals surface area contributed by atoms with Crippen LogP contribution < -0.4 is 16.0 Å². The molecule has 204 valence electrons. The Labute approximate surface area is 235 Å². The van der Waals surface area contributed by atoms with E-state index in [0.717, 1.165) is 23.4 Å². The summed E-state index contributed by atoms with van der Waals surface area (Å²) in [6.07, 6.45) is 11.8. The number of carbonyl (C=O) groups is 2. The second-order valence-corrected chi connectivity index (χ2v) is 9.90. The lowest BCUT2D eigenvalue weighted by Crippen LogP contribution is -2.27. The SMILES string of the molecule is CC(=O)Nc1ccc2c(c1)NC(C)C/C=C\C[C@H](NC(=O)/C=C\c1cc(Cl)ccc1-n1cnnn1)c1ncc-2[nH]1. The van der Waals surface area contributed by atoms with Crippen LogP contribution in [0, 0.1) is 0 Å². The molecular weight excluding hydrogens is 530 g/mol. The summed E-state index contributed by atoms with van der Waals surface area (Å²) in [4.78, 5) is 32.6. The molecule has 4 aromatic rings. The minimum absolute atomic E-state index is 0.132. The van der Waals surface area contributed by atoms with Gasteiger partial charge in [-0.05, 0) is 72.7 Å². The van der Waals surface area contributed by atoms with Gasteiger partial charge in [0.1, 0.15) is 12.2 Å². The van der Waals surface area contributed by atoms with Gasteiger partial charge in [-0.2, -0.15) is 4.68 Å². The van der Waals surface area contributed by atoms with Crippen molar-refractivity contribution in [3.05, 3.63) is 83.6 Å². The van der Waals surface area contributed by atoms with Gasteiger partial charge in [0, 0.05) is 46.6 Å². The molecule has 2 amide bonds. The molecule has 3 heterocycles. The molecule has 11 nitrogen and oxygen atoms in total. The average Bonchev–Trinajstić information content (AvgIpc) is 3.62. The molecule has 2 aromatic heterocycles.